The molecular formula is C9H6BrFN4O. The summed E-state index contributed by atoms with van der Waals surface area (Å²) in [5.74, 6) is -1.43. The van der Waals surface area contributed by atoms with E-state index < -0.39 is 17.4 Å². The van der Waals surface area contributed by atoms with Crippen LogP contribution in [0.5, 0.6) is 0 Å². The fourth-order valence-corrected chi connectivity index (χ4v) is 1.17. The number of hydrogen-bond donors (Lipinski definition) is 2. The molecule has 0 aliphatic rings. The van der Waals surface area contributed by atoms with Gasteiger partial charge in [0.05, 0.1) is 5.69 Å². The normalized spacial score (nSPS) is 10.7. The van der Waals surface area contributed by atoms with Crippen molar-refractivity contribution in [2.24, 2.45) is 10.8 Å². The van der Waals surface area contributed by atoms with Gasteiger partial charge in [0.25, 0.3) is 5.91 Å². The summed E-state index contributed by atoms with van der Waals surface area (Å²) in [5, 5.41) is 11.9. The number of carbonyl (C=O) groups excluding carboxylic acids is 1. The molecule has 1 rings (SSSR count). The number of nitrogens with zero attached hydrogens (tertiary/aromatic N) is 2. The number of carbonyl (C=O) groups is 1. The Balaban J connectivity index is 2.94. The van der Waals surface area contributed by atoms with Gasteiger partial charge in [-0.2, -0.15) is 10.4 Å². The summed E-state index contributed by atoms with van der Waals surface area (Å²) in [6.45, 7) is 0. The van der Waals surface area contributed by atoms with Crippen molar-refractivity contribution in [1.82, 2.24) is 0 Å². The van der Waals surface area contributed by atoms with E-state index >= 15 is 0 Å². The van der Waals surface area contributed by atoms with Gasteiger partial charge in [-0.1, -0.05) is 0 Å². The van der Waals surface area contributed by atoms with Gasteiger partial charge in [0.15, 0.2) is 0 Å². The van der Waals surface area contributed by atoms with Crippen LogP contribution in [0, 0.1) is 17.1 Å². The van der Waals surface area contributed by atoms with Gasteiger partial charge < -0.3 is 5.73 Å². The number of hydrogen-bond acceptors (Lipinski definition) is 4. The van der Waals surface area contributed by atoms with Gasteiger partial charge >= 0.3 is 0 Å². The molecule has 0 aliphatic carbocycles. The first-order valence-electron chi connectivity index (χ1n) is 4.03. The van der Waals surface area contributed by atoms with Crippen molar-refractivity contribution >= 4 is 33.2 Å². The second-order valence-corrected chi connectivity index (χ2v) is 3.53. The van der Waals surface area contributed by atoms with E-state index in [2.05, 4.69) is 26.5 Å². The number of anilines is 1. The third kappa shape index (κ3) is 3.03. The number of primary amides is 1. The molecule has 0 atom stereocenters. The summed E-state index contributed by atoms with van der Waals surface area (Å²) in [6, 6.07) is 5.38. The highest BCUT2D eigenvalue weighted by molar-refractivity contribution is 9.10. The van der Waals surface area contributed by atoms with Crippen molar-refractivity contribution in [3.8, 4) is 6.07 Å². The van der Waals surface area contributed by atoms with Crippen LogP contribution >= 0.6 is 15.9 Å². The molecule has 7 heteroatoms. The zero-order valence-corrected chi connectivity index (χ0v) is 9.45. The van der Waals surface area contributed by atoms with Crippen molar-refractivity contribution in [3.05, 3.63) is 28.5 Å². The van der Waals surface area contributed by atoms with Crippen molar-refractivity contribution in [1.29, 1.82) is 5.26 Å². The van der Waals surface area contributed by atoms with Crippen LogP contribution in [0.15, 0.2) is 27.8 Å². The van der Waals surface area contributed by atoms with Crippen LogP contribution in [-0.4, -0.2) is 11.6 Å². The third-order valence-corrected chi connectivity index (χ3v) is 2.25. The minimum Gasteiger partial charge on any atom is -0.364 e. The first-order chi connectivity index (χ1) is 7.54. The smallest absolute Gasteiger partial charge is 0.280 e. The van der Waals surface area contributed by atoms with E-state index in [1.807, 2.05) is 0 Å². The number of nitriles is 1. The van der Waals surface area contributed by atoms with Crippen LogP contribution in [0.1, 0.15) is 0 Å². The Kier molecular flexibility index (Phi) is 3.96. The minimum absolute atomic E-state index is 0.286. The van der Waals surface area contributed by atoms with Gasteiger partial charge in [0.1, 0.15) is 11.9 Å². The van der Waals surface area contributed by atoms with Crippen LogP contribution in [0.2, 0.25) is 0 Å². The number of halogens is 2. The molecule has 0 heterocycles. The highest BCUT2D eigenvalue weighted by Gasteiger charge is 2.06. The molecule has 0 aliphatic heterocycles. The highest BCUT2D eigenvalue weighted by Crippen LogP contribution is 2.22. The maximum absolute atomic E-state index is 12.8. The first-order valence-corrected chi connectivity index (χ1v) is 4.82. The van der Waals surface area contributed by atoms with E-state index in [1.165, 1.54) is 18.2 Å². The van der Waals surface area contributed by atoms with E-state index in [1.54, 1.807) is 0 Å². The summed E-state index contributed by atoms with van der Waals surface area (Å²) in [5.41, 5.74) is 7.02. The Morgan fingerprint density at radius 3 is 2.88 bits per heavy atom. The predicted octanol–water partition coefficient (Wildman–Crippen LogP) is 1.36. The lowest BCUT2D eigenvalue weighted by molar-refractivity contribution is -0.111. The van der Waals surface area contributed by atoms with E-state index in [4.69, 9.17) is 11.0 Å². The van der Waals surface area contributed by atoms with Crippen LogP contribution < -0.4 is 11.2 Å². The van der Waals surface area contributed by atoms with Gasteiger partial charge in [-0.05, 0) is 34.1 Å². The predicted molar refractivity (Wildman–Crippen MR) is 60.0 cm³/mol. The molecule has 82 valence electrons. The molecule has 0 spiro atoms. The second kappa shape index (κ2) is 5.23. The van der Waals surface area contributed by atoms with Crippen LogP contribution in [0.25, 0.3) is 0 Å². The monoisotopic (exact) mass is 284 g/mol. The molecule has 0 fully saturated rings. The molecular weight excluding hydrogens is 279 g/mol. The molecule has 1 amide bonds. The number of nitrogens with two attached hydrogens (primary N) is 1. The Bertz CT molecular complexity index is 495. The SMILES string of the molecule is N#C/C(=N\Nc1cc(F)ccc1Br)C(N)=O. The number of rotatable bonds is 3. The number of benzene rings is 1. The lowest BCUT2D eigenvalue weighted by atomic mass is 10.3. The van der Waals surface area contributed by atoms with E-state index in [9.17, 15) is 9.18 Å². The van der Waals surface area contributed by atoms with E-state index in [0.717, 1.165) is 6.07 Å². The molecule has 1 aromatic rings. The average Bonchev–Trinajstić information content (AvgIpc) is 2.23. The molecule has 1 aromatic carbocycles. The van der Waals surface area contributed by atoms with Crippen molar-refractivity contribution in [2.45, 2.75) is 0 Å². The lowest BCUT2D eigenvalue weighted by Crippen LogP contribution is -2.22. The van der Waals surface area contributed by atoms with E-state index in [-0.39, 0.29) is 5.69 Å². The number of nitrogens with one attached hydrogen (secondary N) is 1. The molecule has 0 saturated heterocycles. The molecule has 0 radical (unpaired) electrons. The van der Waals surface area contributed by atoms with Crippen molar-refractivity contribution in [3.63, 3.8) is 0 Å². The Morgan fingerprint density at radius 2 is 2.31 bits per heavy atom. The number of hydrazone groups is 1. The van der Waals surface area contributed by atoms with Gasteiger partial charge in [-0.3, -0.25) is 10.2 Å². The van der Waals surface area contributed by atoms with Gasteiger partial charge in [-0.15, -0.1) is 0 Å². The topological polar surface area (TPSA) is 91.3 Å². The van der Waals surface area contributed by atoms with Gasteiger partial charge in [-0.25, -0.2) is 4.39 Å². The van der Waals surface area contributed by atoms with E-state index in [0.29, 0.717) is 4.47 Å². The maximum Gasteiger partial charge on any atom is 0.280 e. The third-order valence-electron chi connectivity index (χ3n) is 1.56. The molecule has 5 nitrogen and oxygen atoms in total. The minimum atomic E-state index is -0.956. The Hall–Kier alpha value is -1.94. The van der Waals surface area contributed by atoms with Crippen LogP contribution in [0.4, 0.5) is 10.1 Å². The molecule has 0 saturated carbocycles. The van der Waals surface area contributed by atoms with Gasteiger partial charge in [0, 0.05) is 4.47 Å². The Morgan fingerprint density at radius 1 is 1.62 bits per heavy atom. The zero-order valence-electron chi connectivity index (χ0n) is 7.87. The Labute approximate surface area is 98.9 Å². The number of amides is 1. The summed E-state index contributed by atoms with van der Waals surface area (Å²) in [4.78, 5) is 10.6. The zero-order chi connectivity index (χ0) is 12.1. The summed E-state index contributed by atoms with van der Waals surface area (Å²) in [7, 11) is 0. The van der Waals surface area contributed by atoms with Crippen molar-refractivity contribution < 1.29 is 9.18 Å². The maximum atomic E-state index is 12.8. The molecule has 0 unspecified atom stereocenters. The average molecular weight is 285 g/mol. The summed E-state index contributed by atoms with van der Waals surface area (Å²) >= 11 is 3.14. The largest absolute Gasteiger partial charge is 0.364 e. The fourth-order valence-electron chi connectivity index (χ4n) is 0.834. The second-order valence-electron chi connectivity index (χ2n) is 2.67. The summed E-state index contributed by atoms with van der Waals surface area (Å²) in [6.07, 6.45) is 0. The lowest BCUT2D eigenvalue weighted by Gasteiger charge is -2.03. The molecule has 0 aromatic heterocycles. The standard InChI is InChI=1S/C9H6BrFN4O/c10-6-2-1-5(11)3-7(6)14-15-8(4-12)9(13)16/h1-3,14H,(H2,13,16)/b15-8+. The van der Waals surface area contributed by atoms with Crippen LogP contribution in [0.3, 0.4) is 0 Å². The molecule has 3 N–H and O–H groups in total. The first kappa shape index (κ1) is 12.1. The fraction of sp³-hybridized carbons (Fsp3) is 0. The molecule has 0 bridgehead atoms. The van der Waals surface area contributed by atoms with Crippen LogP contribution in [-0.2, 0) is 4.79 Å². The molecule has 16 heavy (non-hydrogen) atoms. The summed E-state index contributed by atoms with van der Waals surface area (Å²) < 4.78 is 13.4. The van der Waals surface area contributed by atoms with Crippen molar-refractivity contribution in [2.75, 3.05) is 5.43 Å². The quantitative estimate of drug-likeness (QED) is 0.649. The highest BCUT2D eigenvalue weighted by atomic mass is 79.9. The van der Waals surface area contributed by atoms with Gasteiger partial charge in [0.2, 0.25) is 5.71 Å².